The molecule has 1 aromatic heterocycles. The van der Waals surface area contributed by atoms with Crippen molar-refractivity contribution in [2.24, 2.45) is 0 Å². The van der Waals surface area contributed by atoms with Gasteiger partial charge < -0.3 is 4.74 Å². The zero-order chi connectivity index (χ0) is 17.0. The second-order valence-electron chi connectivity index (χ2n) is 5.80. The van der Waals surface area contributed by atoms with Crippen molar-refractivity contribution in [1.29, 1.82) is 0 Å². The fraction of sp³-hybridized carbons (Fsp3) is 0. The van der Waals surface area contributed by atoms with Gasteiger partial charge in [0.05, 0.1) is 22.2 Å². The summed E-state index contributed by atoms with van der Waals surface area (Å²) in [4.78, 5) is 18.0. The molecule has 2 heterocycles. The van der Waals surface area contributed by atoms with E-state index in [0.717, 1.165) is 0 Å². The van der Waals surface area contributed by atoms with Gasteiger partial charge in [0.15, 0.2) is 11.6 Å². The van der Waals surface area contributed by atoms with Gasteiger partial charge in [0.2, 0.25) is 0 Å². The quantitative estimate of drug-likeness (QED) is 0.404. The molecule has 5 rings (SSSR count). The van der Waals surface area contributed by atoms with Crippen molar-refractivity contribution in [2.45, 2.75) is 0 Å². The first kappa shape index (κ1) is 14.3. The van der Waals surface area contributed by atoms with E-state index in [0.29, 0.717) is 44.5 Å². The molecule has 0 aliphatic carbocycles. The summed E-state index contributed by atoms with van der Waals surface area (Å²) in [5.41, 5.74) is 1.85. The summed E-state index contributed by atoms with van der Waals surface area (Å²) in [6.07, 6.45) is 0. The van der Waals surface area contributed by atoms with Crippen molar-refractivity contribution in [2.75, 3.05) is 0 Å². The van der Waals surface area contributed by atoms with Crippen LogP contribution in [0.3, 0.4) is 0 Å². The maximum absolute atomic E-state index is 13.2. The number of halogens is 1. The van der Waals surface area contributed by atoms with Crippen LogP contribution in [0.4, 0.5) is 0 Å². The molecule has 0 spiro atoms. The van der Waals surface area contributed by atoms with Crippen LogP contribution in [0.2, 0.25) is 5.02 Å². The first-order valence-electron chi connectivity index (χ1n) is 7.81. The van der Waals surface area contributed by atoms with Gasteiger partial charge in [0.25, 0.3) is 5.56 Å². The van der Waals surface area contributed by atoms with Crippen LogP contribution in [0.1, 0.15) is 0 Å². The van der Waals surface area contributed by atoms with Crippen molar-refractivity contribution < 1.29 is 4.74 Å². The van der Waals surface area contributed by atoms with Gasteiger partial charge in [-0.05, 0) is 42.5 Å². The van der Waals surface area contributed by atoms with Crippen LogP contribution in [0.5, 0.6) is 11.5 Å². The van der Waals surface area contributed by atoms with Gasteiger partial charge in [0.1, 0.15) is 5.75 Å². The summed E-state index contributed by atoms with van der Waals surface area (Å²) in [6.45, 7) is 0. The third kappa shape index (κ3) is 2.08. The Hall–Kier alpha value is -3.11. The van der Waals surface area contributed by atoms with E-state index >= 15 is 0 Å². The number of fused-ring (bicyclic) bond motifs is 6. The Morgan fingerprint density at radius 2 is 1.72 bits per heavy atom. The Bertz CT molecular complexity index is 1210. The zero-order valence-electron chi connectivity index (χ0n) is 12.9. The van der Waals surface area contributed by atoms with Crippen molar-refractivity contribution in [3.63, 3.8) is 0 Å². The van der Waals surface area contributed by atoms with E-state index in [1.807, 2.05) is 42.5 Å². The number of hydrogen-bond donors (Lipinski definition) is 0. The maximum Gasteiger partial charge on any atom is 0.266 e. The molecule has 0 saturated carbocycles. The fourth-order valence-corrected chi connectivity index (χ4v) is 3.32. The number of nitrogens with zero attached hydrogens (tertiary/aromatic N) is 2. The first-order chi connectivity index (χ1) is 12.2. The average Bonchev–Trinajstić information content (AvgIpc) is 2.77. The molecule has 25 heavy (non-hydrogen) atoms. The Morgan fingerprint density at radius 1 is 0.920 bits per heavy atom. The lowest BCUT2D eigenvalue weighted by atomic mass is 10.1. The summed E-state index contributed by atoms with van der Waals surface area (Å²) >= 11 is 6.20. The second kappa shape index (κ2) is 5.19. The van der Waals surface area contributed by atoms with E-state index in [9.17, 15) is 4.79 Å². The summed E-state index contributed by atoms with van der Waals surface area (Å²) < 4.78 is 7.66. The fourth-order valence-electron chi connectivity index (χ4n) is 3.15. The van der Waals surface area contributed by atoms with Crippen LogP contribution < -0.4 is 10.3 Å². The van der Waals surface area contributed by atoms with Gasteiger partial charge in [-0.25, -0.2) is 4.98 Å². The summed E-state index contributed by atoms with van der Waals surface area (Å²) in [5.74, 6) is 1.74. The van der Waals surface area contributed by atoms with E-state index < -0.39 is 0 Å². The second-order valence-corrected chi connectivity index (χ2v) is 6.24. The highest BCUT2D eigenvalue weighted by Crippen LogP contribution is 2.40. The highest BCUT2D eigenvalue weighted by Gasteiger charge is 2.24. The minimum Gasteiger partial charge on any atom is -0.454 e. The normalized spacial score (nSPS) is 11.9. The molecular weight excluding hydrogens is 336 g/mol. The van der Waals surface area contributed by atoms with E-state index in [2.05, 4.69) is 0 Å². The van der Waals surface area contributed by atoms with Crippen molar-refractivity contribution in [3.05, 3.63) is 82.1 Å². The third-order valence-corrected chi connectivity index (χ3v) is 4.52. The number of hydrogen-bond acceptors (Lipinski definition) is 3. The SMILES string of the molecule is O=c1c2ccccc2nc2n1-c1ccccc1Oc1ccc(Cl)cc1-2. The number of ether oxygens (including phenoxy) is 1. The van der Waals surface area contributed by atoms with E-state index in [1.54, 1.807) is 28.8 Å². The molecular formula is C20H11ClN2O2. The molecule has 3 aromatic carbocycles. The largest absolute Gasteiger partial charge is 0.454 e. The van der Waals surface area contributed by atoms with Crippen LogP contribution in [-0.4, -0.2) is 9.55 Å². The Labute approximate surface area is 147 Å². The zero-order valence-corrected chi connectivity index (χ0v) is 13.7. The molecule has 4 nitrogen and oxygen atoms in total. The van der Waals surface area contributed by atoms with Gasteiger partial charge in [-0.15, -0.1) is 0 Å². The van der Waals surface area contributed by atoms with Crippen molar-refractivity contribution >= 4 is 22.5 Å². The van der Waals surface area contributed by atoms with Gasteiger partial charge >= 0.3 is 0 Å². The number of aromatic nitrogens is 2. The van der Waals surface area contributed by atoms with Gasteiger partial charge in [-0.1, -0.05) is 35.9 Å². The first-order valence-corrected chi connectivity index (χ1v) is 8.19. The summed E-state index contributed by atoms with van der Waals surface area (Å²) in [7, 11) is 0. The number of rotatable bonds is 0. The van der Waals surface area contributed by atoms with Crippen LogP contribution in [0.25, 0.3) is 28.0 Å². The highest BCUT2D eigenvalue weighted by atomic mass is 35.5. The third-order valence-electron chi connectivity index (χ3n) is 4.28. The molecule has 0 fully saturated rings. The minimum atomic E-state index is -0.135. The molecule has 0 amide bonds. The maximum atomic E-state index is 13.2. The van der Waals surface area contributed by atoms with Crippen molar-refractivity contribution in [3.8, 4) is 28.6 Å². The lowest BCUT2D eigenvalue weighted by molar-refractivity contribution is 0.485. The summed E-state index contributed by atoms with van der Waals surface area (Å²) in [5, 5.41) is 1.12. The molecule has 0 bridgehead atoms. The molecule has 0 atom stereocenters. The number of para-hydroxylation sites is 3. The van der Waals surface area contributed by atoms with E-state index in [4.69, 9.17) is 21.3 Å². The van der Waals surface area contributed by atoms with Crippen LogP contribution in [-0.2, 0) is 0 Å². The van der Waals surface area contributed by atoms with Gasteiger partial charge in [-0.3, -0.25) is 9.36 Å². The molecule has 0 unspecified atom stereocenters. The molecule has 0 saturated heterocycles. The van der Waals surface area contributed by atoms with Crippen molar-refractivity contribution in [1.82, 2.24) is 9.55 Å². The molecule has 4 aromatic rings. The van der Waals surface area contributed by atoms with Gasteiger partial charge in [-0.2, -0.15) is 0 Å². The lowest BCUT2D eigenvalue weighted by Crippen LogP contribution is -2.21. The van der Waals surface area contributed by atoms with Gasteiger partial charge in [0, 0.05) is 5.02 Å². The Balaban J connectivity index is 2.02. The molecule has 120 valence electrons. The molecule has 1 aliphatic heterocycles. The molecule has 0 radical (unpaired) electrons. The topological polar surface area (TPSA) is 44.1 Å². The van der Waals surface area contributed by atoms with E-state index in [1.165, 1.54) is 0 Å². The highest BCUT2D eigenvalue weighted by molar-refractivity contribution is 6.31. The van der Waals surface area contributed by atoms with E-state index in [-0.39, 0.29) is 5.56 Å². The number of benzene rings is 3. The predicted molar refractivity (Wildman–Crippen MR) is 97.9 cm³/mol. The average molecular weight is 347 g/mol. The lowest BCUT2D eigenvalue weighted by Gasteiger charge is -2.12. The predicted octanol–water partition coefficient (Wildman–Crippen LogP) is 4.81. The molecule has 0 N–H and O–H groups in total. The van der Waals surface area contributed by atoms with Crippen LogP contribution in [0.15, 0.2) is 71.5 Å². The van der Waals surface area contributed by atoms with Crippen LogP contribution >= 0.6 is 11.6 Å². The minimum absolute atomic E-state index is 0.135. The van der Waals surface area contributed by atoms with Crippen LogP contribution in [0, 0.1) is 0 Å². The Kier molecular flexibility index (Phi) is 2.96. The monoisotopic (exact) mass is 346 g/mol. The standard InChI is InChI=1S/C20H11ClN2O2/c21-12-9-10-17-14(11-12)19-22-15-6-2-1-5-13(15)20(24)23(19)16-7-3-4-8-18(16)25-17/h1-11H. The molecule has 5 heteroatoms. The Morgan fingerprint density at radius 3 is 2.64 bits per heavy atom. The smallest absolute Gasteiger partial charge is 0.266 e. The summed E-state index contributed by atoms with van der Waals surface area (Å²) in [6, 6.07) is 20.1. The molecule has 1 aliphatic rings.